The number of rotatable bonds is 6. The van der Waals surface area contributed by atoms with Gasteiger partial charge in [0.05, 0.1) is 20.7 Å². The van der Waals surface area contributed by atoms with Crippen molar-refractivity contribution in [1.29, 1.82) is 0 Å². The summed E-state index contributed by atoms with van der Waals surface area (Å²) in [4.78, 5) is 22.6. The van der Waals surface area contributed by atoms with Crippen LogP contribution in [-0.4, -0.2) is 20.6 Å². The number of amides is 1. The molecule has 0 radical (unpaired) electrons. The van der Waals surface area contributed by atoms with Crippen molar-refractivity contribution in [1.82, 2.24) is 9.78 Å². The van der Waals surface area contributed by atoms with Gasteiger partial charge in [-0.05, 0) is 24.3 Å². The van der Waals surface area contributed by atoms with E-state index in [4.69, 9.17) is 27.9 Å². The summed E-state index contributed by atoms with van der Waals surface area (Å²) in [6, 6.07) is 12.2. The number of hydrogen-bond donors (Lipinski definition) is 1. The van der Waals surface area contributed by atoms with Gasteiger partial charge in [0.25, 0.3) is 11.6 Å². The Balaban J connectivity index is 1.67. The quantitative estimate of drug-likeness (QED) is 0.483. The van der Waals surface area contributed by atoms with Gasteiger partial charge in [-0.3, -0.25) is 14.9 Å². The summed E-state index contributed by atoms with van der Waals surface area (Å²) in [5.74, 6) is -0.0714. The number of benzene rings is 2. The van der Waals surface area contributed by atoms with Gasteiger partial charge in [-0.25, -0.2) is 4.68 Å². The summed E-state index contributed by atoms with van der Waals surface area (Å²) in [5, 5.41) is 18.1. The molecule has 0 fully saturated rings. The molecular formula is C17H12Cl2N4O4. The van der Waals surface area contributed by atoms with Gasteiger partial charge in [0.2, 0.25) is 0 Å². The zero-order valence-corrected chi connectivity index (χ0v) is 15.1. The Morgan fingerprint density at radius 1 is 1.19 bits per heavy atom. The first-order valence-electron chi connectivity index (χ1n) is 7.60. The molecule has 8 nitrogen and oxygen atoms in total. The Kier molecular flexibility index (Phi) is 5.58. The van der Waals surface area contributed by atoms with Crippen molar-refractivity contribution in [3.63, 3.8) is 0 Å². The highest BCUT2D eigenvalue weighted by Crippen LogP contribution is 2.27. The van der Waals surface area contributed by atoms with Crippen LogP contribution in [0.3, 0.4) is 0 Å². The highest BCUT2D eigenvalue weighted by molar-refractivity contribution is 6.34. The van der Waals surface area contributed by atoms with Crippen LogP contribution < -0.4 is 10.1 Å². The minimum absolute atomic E-state index is 0.0502. The molecule has 0 saturated carbocycles. The van der Waals surface area contributed by atoms with Crippen LogP contribution in [0.25, 0.3) is 0 Å². The van der Waals surface area contributed by atoms with Crippen LogP contribution in [0.4, 0.5) is 11.4 Å². The Morgan fingerprint density at radius 3 is 2.70 bits per heavy atom. The number of hydrogen-bond acceptors (Lipinski definition) is 5. The third-order valence-electron chi connectivity index (χ3n) is 3.47. The molecule has 138 valence electrons. The molecule has 2 aromatic carbocycles. The predicted octanol–water partition coefficient (Wildman–Crippen LogP) is 4.39. The monoisotopic (exact) mass is 406 g/mol. The number of aromatic nitrogens is 2. The van der Waals surface area contributed by atoms with Crippen molar-refractivity contribution in [2.45, 2.75) is 6.73 Å². The average Bonchev–Trinajstić information content (AvgIpc) is 3.12. The smallest absolute Gasteiger partial charge is 0.276 e. The van der Waals surface area contributed by atoms with Crippen LogP contribution >= 0.6 is 23.2 Å². The highest BCUT2D eigenvalue weighted by atomic mass is 35.5. The number of carbonyl (C=O) groups is 1. The molecular weight excluding hydrogens is 395 g/mol. The number of halogens is 2. The molecule has 0 atom stereocenters. The van der Waals surface area contributed by atoms with Crippen LogP contribution in [0.15, 0.2) is 54.7 Å². The lowest BCUT2D eigenvalue weighted by Crippen LogP contribution is -2.14. The van der Waals surface area contributed by atoms with E-state index in [9.17, 15) is 14.9 Å². The molecule has 10 heteroatoms. The molecule has 1 heterocycles. The SMILES string of the molecule is O=C(Nc1cc([N+](=O)[O-])ccc1Cl)c1ccn(COc2ccccc2Cl)n1. The Bertz CT molecular complexity index is 1010. The number of nitro benzene ring substituents is 1. The zero-order valence-electron chi connectivity index (χ0n) is 13.6. The number of nitro groups is 1. The van der Waals surface area contributed by atoms with Crippen LogP contribution in [0.5, 0.6) is 5.75 Å². The Labute approximate surface area is 163 Å². The van der Waals surface area contributed by atoms with Gasteiger partial charge in [0.15, 0.2) is 12.4 Å². The fourth-order valence-corrected chi connectivity index (χ4v) is 2.52. The largest absolute Gasteiger partial charge is 0.470 e. The maximum Gasteiger partial charge on any atom is 0.276 e. The minimum atomic E-state index is -0.577. The number of nitrogens with one attached hydrogen (secondary N) is 1. The van der Waals surface area contributed by atoms with E-state index in [0.29, 0.717) is 10.8 Å². The molecule has 1 N–H and O–H groups in total. The molecule has 0 aliphatic carbocycles. The molecule has 27 heavy (non-hydrogen) atoms. The third kappa shape index (κ3) is 4.55. The van der Waals surface area contributed by atoms with Crippen LogP contribution in [0.2, 0.25) is 10.0 Å². The van der Waals surface area contributed by atoms with Gasteiger partial charge in [-0.1, -0.05) is 35.3 Å². The molecule has 3 rings (SSSR count). The maximum atomic E-state index is 12.3. The van der Waals surface area contributed by atoms with Crippen molar-refractivity contribution < 1.29 is 14.5 Å². The van der Waals surface area contributed by atoms with E-state index in [2.05, 4.69) is 10.4 Å². The molecule has 0 saturated heterocycles. The van der Waals surface area contributed by atoms with E-state index < -0.39 is 10.8 Å². The number of nitrogens with zero attached hydrogens (tertiary/aromatic N) is 3. The molecule has 0 aliphatic rings. The van der Waals surface area contributed by atoms with Gasteiger partial charge in [-0.2, -0.15) is 5.10 Å². The van der Waals surface area contributed by atoms with Gasteiger partial charge in [0, 0.05) is 18.3 Å². The van der Waals surface area contributed by atoms with Crippen molar-refractivity contribution in [3.8, 4) is 5.75 Å². The first-order valence-corrected chi connectivity index (χ1v) is 8.35. The Hall–Kier alpha value is -3.10. The second-order valence-electron chi connectivity index (χ2n) is 5.32. The highest BCUT2D eigenvalue weighted by Gasteiger charge is 2.15. The zero-order chi connectivity index (χ0) is 19.4. The van der Waals surface area contributed by atoms with E-state index >= 15 is 0 Å². The van der Waals surface area contributed by atoms with E-state index in [-0.39, 0.29) is 28.8 Å². The topological polar surface area (TPSA) is 99.3 Å². The normalized spacial score (nSPS) is 10.4. The van der Waals surface area contributed by atoms with Crippen molar-refractivity contribution in [2.75, 3.05) is 5.32 Å². The van der Waals surface area contributed by atoms with Gasteiger partial charge in [0.1, 0.15) is 5.75 Å². The molecule has 0 bridgehead atoms. The summed E-state index contributed by atoms with van der Waals surface area (Å²) in [6.07, 6.45) is 1.56. The summed E-state index contributed by atoms with van der Waals surface area (Å²) in [5.41, 5.74) is 0.0337. The van der Waals surface area contributed by atoms with Crippen molar-refractivity contribution in [2.24, 2.45) is 0 Å². The lowest BCUT2D eigenvalue weighted by molar-refractivity contribution is -0.384. The summed E-state index contributed by atoms with van der Waals surface area (Å²) in [7, 11) is 0. The second-order valence-corrected chi connectivity index (χ2v) is 6.13. The fraction of sp³-hybridized carbons (Fsp3) is 0.0588. The van der Waals surface area contributed by atoms with Crippen LogP contribution in [0.1, 0.15) is 10.5 Å². The first-order chi connectivity index (χ1) is 12.9. The Morgan fingerprint density at radius 2 is 1.96 bits per heavy atom. The number of para-hydroxylation sites is 1. The van der Waals surface area contributed by atoms with Crippen LogP contribution in [-0.2, 0) is 6.73 Å². The van der Waals surface area contributed by atoms with E-state index in [1.54, 1.807) is 30.5 Å². The van der Waals surface area contributed by atoms with Gasteiger partial charge < -0.3 is 10.1 Å². The molecule has 1 amide bonds. The molecule has 0 aliphatic heterocycles. The lowest BCUT2D eigenvalue weighted by Gasteiger charge is -2.07. The number of anilines is 1. The predicted molar refractivity (Wildman–Crippen MR) is 100 cm³/mol. The summed E-state index contributed by atoms with van der Waals surface area (Å²) < 4.78 is 6.95. The van der Waals surface area contributed by atoms with E-state index in [1.807, 2.05) is 0 Å². The number of ether oxygens (including phenoxy) is 1. The molecule has 3 aromatic rings. The first kappa shape index (κ1) is 18.7. The van der Waals surface area contributed by atoms with Crippen molar-refractivity contribution in [3.05, 3.63) is 80.6 Å². The van der Waals surface area contributed by atoms with Crippen molar-refractivity contribution >= 4 is 40.5 Å². The third-order valence-corrected chi connectivity index (χ3v) is 4.11. The lowest BCUT2D eigenvalue weighted by atomic mass is 10.2. The maximum absolute atomic E-state index is 12.3. The second kappa shape index (κ2) is 8.07. The van der Waals surface area contributed by atoms with Crippen LogP contribution in [0, 0.1) is 10.1 Å². The van der Waals surface area contributed by atoms with Gasteiger partial charge >= 0.3 is 0 Å². The number of non-ortho nitro benzene ring substituents is 1. The standard InChI is InChI=1S/C17H12Cl2N4O4/c18-12-6-5-11(23(25)26)9-15(12)20-17(24)14-7-8-22(21-14)10-27-16-4-2-1-3-13(16)19/h1-9H,10H2,(H,20,24). The molecule has 1 aromatic heterocycles. The average molecular weight is 407 g/mol. The number of carbonyl (C=O) groups excluding carboxylic acids is 1. The van der Waals surface area contributed by atoms with E-state index in [0.717, 1.165) is 0 Å². The van der Waals surface area contributed by atoms with E-state index in [1.165, 1.54) is 28.9 Å². The summed E-state index contributed by atoms with van der Waals surface area (Å²) >= 11 is 12.0. The summed E-state index contributed by atoms with van der Waals surface area (Å²) in [6.45, 7) is 0.0502. The minimum Gasteiger partial charge on any atom is -0.470 e. The van der Waals surface area contributed by atoms with Gasteiger partial charge in [-0.15, -0.1) is 0 Å². The fourth-order valence-electron chi connectivity index (χ4n) is 2.16. The molecule has 0 spiro atoms. The molecule has 0 unspecified atom stereocenters.